The number of ether oxygens (including phenoxy) is 1. The number of hydrogen-bond donors (Lipinski definition) is 2. The monoisotopic (exact) mass is 493 g/mol. The van der Waals surface area contributed by atoms with Crippen LogP contribution in [0.5, 0.6) is 5.75 Å². The summed E-state index contributed by atoms with van der Waals surface area (Å²) in [6.07, 6.45) is 6.58. The summed E-state index contributed by atoms with van der Waals surface area (Å²) < 4.78 is 5.60. The quantitative estimate of drug-likeness (QED) is 0.515. The Balaban J connectivity index is 1.21. The minimum absolute atomic E-state index is 0.0644. The van der Waals surface area contributed by atoms with Gasteiger partial charge >= 0.3 is 0 Å². The van der Waals surface area contributed by atoms with Crippen LogP contribution < -0.4 is 20.6 Å². The normalized spacial score (nSPS) is 18.2. The van der Waals surface area contributed by atoms with Crippen LogP contribution in [-0.4, -0.2) is 46.7 Å². The van der Waals surface area contributed by atoms with Gasteiger partial charge in [-0.3, -0.25) is 14.8 Å². The van der Waals surface area contributed by atoms with Gasteiger partial charge in [0, 0.05) is 41.9 Å². The van der Waals surface area contributed by atoms with E-state index in [4.69, 9.17) is 10.00 Å². The number of nitrogens with zero attached hydrogens (tertiary/aromatic N) is 3. The maximum Gasteiger partial charge on any atom is 0.247 e. The highest BCUT2D eigenvalue weighted by molar-refractivity contribution is 5.94. The van der Waals surface area contributed by atoms with Crippen molar-refractivity contribution in [2.45, 2.75) is 38.8 Å². The topological polar surface area (TPSA) is 94.0 Å². The van der Waals surface area contributed by atoms with Gasteiger partial charge in [-0.2, -0.15) is 10.4 Å². The van der Waals surface area contributed by atoms with Gasteiger partial charge in [-0.1, -0.05) is 24.8 Å². The van der Waals surface area contributed by atoms with Crippen molar-refractivity contribution in [3.05, 3.63) is 81.4 Å². The van der Waals surface area contributed by atoms with Crippen molar-refractivity contribution in [1.29, 1.82) is 5.26 Å². The summed E-state index contributed by atoms with van der Waals surface area (Å²) in [5, 5.41) is 21.3. The molecule has 1 saturated heterocycles. The molecule has 2 aromatic carbocycles. The Morgan fingerprint density at radius 3 is 2.97 bits per heavy atom. The van der Waals surface area contributed by atoms with Crippen molar-refractivity contribution < 1.29 is 9.53 Å². The number of allylic oxidation sites excluding steroid dienone is 1. The number of likely N-dealkylation sites (tertiary alicyclic amines) is 1. The lowest BCUT2D eigenvalue weighted by Gasteiger charge is -2.33. The van der Waals surface area contributed by atoms with E-state index in [1.54, 1.807) is 0 Å². The Morgan fingerprint density at radius 2 is 2.16 bits per heavy atom. The van der Waals surface area contributed by atoms with Gasteiger partial charge in [-0.15, -0.1) is 0 Å². The number of nitrogens with one attached hydrogen (secondary N) is 2. The molecule has 0 aliphatic carbocycles. The molecule has 3 heterocycles. The van der Waals surface area contributed by atoms with E-state index in [1.807, 2.05) is 55.5 Å². The third kappa shape index (κ3) is 5.65. The van der Waals surface area contributed by atoms with Crippen molar-refractivity contribution >= 4 is 18.6 Å². The van der Waals surface area contributed by atoms with Crippen LogP contribution in [0.3, 0.4) is 0 Å². The second-order valence-electron chi connectivity index (χ2n) is 9.76. The van der Waals surface area contributed by atoms with Crippen molar-refractivity contribution in [3.63, 3.8) is 0 Å². The number of fused-ring (bicyclic) bond motifs is 1. The Bertz CT molecular complexity index is 1480. The minimum atomic E-state index is -0.0644. The SMILES string of the molecule is C=c1c(-c2ccc3c(c2)CCO3)n[nH]/c1=C/C=C(\C)C(=O)N[C@@H]1CCCN(Cc2ccc(C#N)cc2)C1. The van der Waals surface area contributed by atoms with E-state index in [0.29, 0.717) is 11.1 Å². The molecule has 2 aliphatic heterocycles. The molecule has 1 amide bonds. The molecule has 1 fully saturated rings. The second kappa shape index (κ2) is 10.9. The predicted molar refractivity (Wildman–Crippen MR) is 144 cm³/mol. The van der Waals surface area contributed by atoms with E-state index in [2.05, 4.69) is 39.1 Å². The Kier molecular flexibility index (Phi) is 7.20. The lowest BCUT2D eigenvalue weighted by Crippen LogP contribution is -2.47. The van der Waals surface area contributed by atoms with Gasteiger partial charge in [-0.25, -0.2) is 0 Å². The Labute approximate surface area is 216 Å². The Morgan fingerprint density at radius 1 is 1.32 bits per heavy atom. The molecule has 0 saturated carbocycles. The first-order valence-corrected chi connectivity index (χ1v) is 12.7. The molecule has 7 heteroatoms. The van der Waals surface area contributed by atoms with Gasteiger partial charge in [0.05, 0.1) is 29.3 Å². The number of hydrogen-bond acceptors (Lipinski definition) is 5. The van der Waals surface area contributed by atoms with E-state index < -0.39 is 0 Å². The summed E-state index contributed by atoms with van der Waals surface area (Å²) in [5.41, 5.74) is 5.48. The molecule has 0 unspecified atom stereocenters. The number of piperidine rings is 1. The van der Waals surface area contributed by atoms with Crippen LogP contribution in [0.25, 0.3) is 23.9 Å². The minimum Gasteiger partial charge on any atom is -0.493 e. The van der Waals surface area contributed by atoms with Gasteiger partial charge in [0.2, 0.25) is 5.91 Å². The third-order valence-corrected chi connectivity index (χ3v) is 7.05. The largest absolute Gasteiger partial charge is 0.493 e. The first-order valence-electron chi connectivity index (χ1n) is 12.7. The standard InChI is InChI=1S/C30H31N5O2/c1-20(5-11-27-21(2)29(34-33-27)25-10-12-28-24(16-25)13-15-37-28)30(36)32-26-4-3-14-35(19-26)18-23-8-6-22(17-31)7-9-23/h5-12,16,26,33H,2-4,13-15,18-19H2,1H3,(H,32,36)/b20-5+,27-11+/t26-/m1/s1. The van der Waals surface area contributed by atoms with Gasteiger partial charge in [0.15, 0.2) is 0 Å². The molecule has 3 aromatic rings. The number of carbonyl (C=O) groups excluding carboxylic acids is 1. The van der Waals surface area contributed by atoms with Crippen LogP contribution in [0.1, 0.15) is 36.5 Å². The summed E-state index contributed by atoms with van der Waals surface area (Å²) in [6, 6.07) is 16.1. The van der Waals surface area contributed by atoms with Gasteiger partial charge in [0.25, 0.3) is 0 Å². The van der Waals surface area contributed by atoms with Crippen molar-refractivity contribution in [3.8, 4) is 23.1 Å². The summed E-state index contributed by atoms with van der Waals surface area (Å²) in [7, 11) is 0. The molecule has 7 nitrogen and oxygen atoms in total. The maximum absolute atomic E-state index is 12.9. The fourth-order valence-electron chi connectivity index (χ4n) is 4.93. The zero-order valence-electron chi connectivity index (χ0n) is 21.1. The van der Waals surface area contributed by atoms with Gasteiger partial charge in [0.1, 0.15) is 5.75 Å². The number of aromatic amines is 1. The smallest absolute Gasteiger partial charge is 0.247 e. The molecule has 188 valence electrons. The molecule has 0 radical (unpaired) electrons. The van der Waals surface area contributed by atoms with Crippen molar-refractivity contribution in [2.75, 3.05) is 19.7 Å². The molecular weight excluding hydrogens is 462 g/mol. The molecular formula is C30H31N5O2. The fraction of sp³-hybridized carbons (Fsp3) is 0.300. The zero-order valence-corrected chi connectivity index (χ0v) is 21.1. The summed E-state index contributed by atoms with van der Waals surface area (Å²) in [4.78, 5) is 15.2. The van der Waals surface area contributed by atoms with Crippen LogP contribution in [0.4, 0.5) is 0 Å². The summed E-state index contributed by atoms with van der Waals surface area (Å²) in [5.74, 6) is 0.877. The highest BCUT2D eigenvalue weighted by Gasteiger charge is 2.22. The first kappa shape index (κ1) is 24.5. The molecule has 1 atom stereocenters. The second-order valence-corrected chi connectivity index (χ2v) is 9.76. The van der Waals surface area contributed by atoms with Gasteiger partial charge in [-0.05, 0) is 73.8 Å². The third-order valence-electron chi connectivity index (χ3n) is 7.05. The number of H-pyrrole nitrogens is 1. The lowest BCUT2D eigenvalue weighted by atomic mass is 10.0. The van der Waals surface area contributed by atoms with E-state index in [9.17, 15) is 4.79 Å². The van der Waals surface area contributed by atoms with Crippen LogP contribution in [0, 0.1) is 11.3 Å². The van der Waals surface area contributed by atoms with E-state index in [-0.39, 0.29) is 11.9 Å². The van der Waals surface area contributed by atoms with E-state index in [1.165, 1.54) is 11.1 Å². The van der Waals surface area contributed by atoms with Gasteiger partial charge < -0.3 is 10.1 Å². The van der Waals surface area contributed by atoms with Crippen molar-refractivity contribution in [2.24, 2.45) is 0 Å². The number of amides is 1. The molecule has 2 aliphatic rings. The highest BCUT2D eigenvalue weighted by Crippen LogP contribution is 2.28. The molecule has 37 heavy (non-hydrogen) atoms. The number of aromatic nitrogens is 2. The van der Waals surface area contributed by atoms with E-state index in [0.717, 1.165) is 73.1 Å². The summed E-state index contributed by atoms with van der Waals surface area (Å²) >= 11 is 0. The lowest BCUT2D eigenvalue weighted by molar-refractivity contribution is -0.118. The average Bonchev–Trinajstić information content (AvgIpc) is 3.53. The molecule has 5 rings (SSSR count). The highest BCUT2D eigenvalue weighted by atomic mass is 16.5. The fourth-order valence-corrected chi connectivity index (χ4v) is 4.93. The van der Waals surface area contributed by atoms with Crippen LogP contribution in [0.15, 0.2) is 54.1 Å². The maximum atomic E-state index is 12.9. The van der Waals surface area contributed by atoms with Crippen LogP contribution >= 0.6 is 0 Å². The molecule has 0 spiro atoms. The Hall–Kier alpha value is -4.15. The first-order chi connectivity index (χ1) is 18.0. The predicted octanol–water partition coefficient (Wildman–Crippen LogP) is 2.80. The van der Waals surface area contributed by atoms with Crippen LogP contribution in [0.2, 0.25) is 0 Å². The van der Waals surface area contributed by atoms with E-state index >= 15 is 0 Å². The molecule has 1 aromatic heterocycles. The molecule has 0 bridgehead atoms. The molecule has 2 N–H and O–H groups in total. The number of nitriles is 1. The number of benzene rings is 2. The number of carbonyl (C=O) groups is 1. The summed E-state index contributed by atoms with van der Waals surface area (Å²) in [6.45, 7) is 9.37. The number of rotatable bonds is 6. The average molecular weight is 494 g/mol. The zero-order chi connectivity index (χ0) is 25.8. The van der Waals surface area contributed by atoms with Crippen molar-refractivity contribution in [1.82, 2.24) is 20.4 Å². The van der Waals surface area contributed by atoms with Crippen LogP contribution in [-0.2, 0) is 17.8 Å².